The first kappa shape index (κ1) is 14.9. The molecule has 1 atom stereocenters. The average molecular weight is 292 g/mol. The van der Waals surface area contributed by atoms with Crippen LogP contribution in [0.25, 0.3) is 0 Å². The van der Waals surface area contributed by atoms with Gasteiger partial charge in [-0.25, -0.2) is 4.39 Å². The number of hydrogen-bond donors (Lipinski definition) is 1. The molecule has 0 fully saturated rings. The normalized spacial score (nSPS) is 12.5. The molecule has 0 aliphatic carbocycles. The summed E-state index contributed by atoms with van der Waals surface area (Å²) >= 11 is 1.70. The fraction of sp³-hybridized carbons (Fsp3) is 0.375. The van der Waals surface area contributed by atoms with Gasteiger partial charge in [0, 0.05) is 23.7 Å². The van der Waals surface area contributed by atoms with Crippen LogP contribution < -0.4 is 10.2 Å². The zero-order chi connectivity index (χ0) is 14.7. The number of nitrogens with one attached hydrogen (secondary N) is 1. The number of benzene rings is 1. The average Bonchev–Trinajstić information content (AvgIpc) is 2.92. The van der Waals surface area contributed by atoms with Crippen LogP contribution in [0.2, 0.25) is 0 Å². The largest absolute Gasteiger partial charge is 0.378 e. The van der Waals surface area contributed by atoms with E-state index in [2.05, 4.69) is 23.7 Å². The molecular weight excluding hydrogens is 271 g/mol. The number of nitrogens with zero attached hydrogens (tertiary/aromatic N) is 1. The molecule has 0 aliphatic heterocycles. The Morgan fingerprint density at radius 3 is 2.50 bits per heavy atom. The van der Waals surface area contributed by atoms with Crippen LogP contribution in [-0.2, 0) is 0 Å². The van der Waals surface area contributed by atoms with E-state index < -0.39 is 0 Å². The van der Waals surface area contributed by atoms with Gasteiger partial charge >= 0.3 is 0 Å². The zero-order valence-corrected chi connectivity index (χ0v) is 13.2. The van der Waals surface area contributed by atoms with E-state index in [1.165, 1.54) is 4.88 Å². The molecule has 2 nitrogen and oxygen atoms in total. The summed E-state index contributed by atoms with van der Waals surface area (Å²) in [7, 11) is 1.91. The highest BCUT2D eigenvalue weighted by molar-refractivity contribution is 7.10. The van der Waals surface area contributed by atoms with Crippen molar-refractivity contribution in [1.29, 1.82) is 0 Å². The number of thiophene rings is 1. The first-order valence-corrected chi connectivity index (χ1v) is 7.69. The second kappa shape index (κ2) is 6.27. The third-order valence-electron chi connectivity index (χ3n) is 3.46. The summed E-state index contributed by atoms with van der Waals surface area (Å²) in [6.07, 6.45) is 0. The molecular formula is C16H21FN2S. The van der Waals surface area contributed by atoms with Crippen LogP contribution in [0.1, 0.15) is 31.7 Å². The van der Waals surface area contributed by atoms with Gasteiger partial charge in [-0.3, -0.25) is 0 Å². The van der Waals surface area contributed by atoms with E-state index in [-0.39, 0.29) is 17.9 Å². The second-order valence-corrected chi connectivity index (χ2v) is 6.23. The molecule has 0 saturated heterocycles. The molecule has 0 spiro atoms. The fourth-order valence-corrected chi connectivity index (χ4v) is 2.75. The van der Waals surface area contributed by atoms with E-state index >= 15 is 0 Å². The van der Waals surface area contributed by atoms with Gasteiger partial charge in [-0.05, 0) is 50.4 Å². The summed E-state index contributed by atoms with van der Waals surface area (Å²) in [5.74, 6) is -0.190. The minimum Gasteiger partial charge on any atom is -0.378 e. The maximum Gasteiger partial charge on any atom is 0.148 e. The molecule has 0 amide bonds. The van der Waals surface area contributed by atoms with Crippen molar-refractivity contribution < 1.29 is 4.39 Å². The van der Waals surface area contributed by atoms with Gasteiger partial charge in [0.2, 0.25) is 0 Å². The molecule has 2 aromatic rings. The van der Waals surface area contributed by atoms with E-state index in [1.54, 1.807) is 17.4 Å². The third kappa shape index (κ3) is 3.31. The molecule has 20 heavy (non-hydrogen) atoms. The molecule has 1 aromatic heterocycles. The monoisotopic (exact) mass is 292 g/mol. The maximum atomic E-state index is 14.2. The molecule has 0 radical (unpaired) electrons. The zero-order valence-electron chi connectivity index (χ0n) is 12.4. The maximum absolute atomic E-state index is 14.2. The Bertz CT molecular complexity index is 552. The van der Waals surface area contributed by atoms with Gasteiger partial charge in [-0.1, -0.05) is 6.07 Å². The molecule has 4 heteroatoms. The van der Waals surface area contributed by atoms with Gasteiger partial charge in [-0.2, -0.15) is 0 Å². The Hall–Kier alpha value is -1.55. The number of hydrogen-bond acceptors (Lipinski definition) is 3. The molecule has 0 saturated carbocycles. The van der Waals surface area contributed by atoms with Crippen LogP contribution in [0.5, 0.6) is 0 Å². The van der Waals surface area contributed by atoms with Crippen LogP contribution in [0.3, 0.4) is 0 Å². The number of halogens is 1. The lowest BCUT2D eigenvalue weighted by Gasteiger charge is -2.25. The summed E-state index contributed by atoms with van der Waals surface area (Å²) in [6.45, 7) is 6.17. The lowest BCUT2D eigenvalue weighted by atomic mass is 10.2. The Kier molecular flexibility index (Phi) is 4.65. The minimum absolute atomic E-state index is 0.183. The van der Waals surface area contributed by atoms with Gasteiger partial charge in [0.05, 0.1) is 11.7 Å². The van der Waals surface area contributed by atoms with Crippen LogP contribution in [0.4, 0.5) is 15.8 Å². The fourth-order valence-electron chi connectivity index (χ4n) is 2.02. The lowest BCUT2D eigenvalue weighted by Crippen LogP contribution is -2.26. The highest BCUT2D eigenvalue weighted by Gasteiger charge is 2.12. The van der Waals surface area contributed by atoms with Crippen LogP contribution >= 0.6 is 11.3 Å². The van der Waals surface area contributed by atoms with Crippen molar-refractivity contribution in [2.75, 3.05) is 17.3 Å². The van der Waals surface area contributed by atoms with Gasteiger partial charge in [0.15, 0.2) is 0 Å². The number of rotatable bonds is 5. The lowest BCUT2D eigenvalue weighted by molar-refractivity contribution is 0.614. The molecule has 2 rings (SSSR count). The van der Waals surface area contributed by atoms with E-state index in [9.17, 15) is 4.39 Å². The van der Waals surface area contributed by atoms with Crippen molar-refractivity contribution in [2.45, 2.75) is 32.9 Å². The molecule has 1 heterocycles. The predicted octanol–water partition coefficient (Wildman–Crippen LogP) is 4.90. The third-order valence-corrected chi connectivity index (χ3v) is 4.51. The first-order valence-electron chi connectivity index (χ1n) is 6.81. The van der Waals surface area contributed by atoms with Crippen LogP contribution in [0, 0.1) is 5.82 Å². The Morgan fingerprint density at radius 2 is 1.95 bits per heavy atom. The molecule has 0 bridgehead atoms. The highest BCUT2D eigenvalue weighted by atomic mass is 32.1. The Labute approximate surface area is 124 Å². The van der Waals surface area contributed by atoms with E-state index in [0.29, 0.717) is 5.69 Å². The smallest absolute Gasteiger partial charge is 0.148 e. The summed E-state index contributed by atoms with van der Waals surface area (Å²) in [4.78, 5) is 3.18. The molecule has 1 aromatic carbocycles. The summed E-state index contributed by atoms with van der Waals surface area (Å²) in [5, 5.41) is 5.38. The topological polar surface area (TPSA) is 15.3 Å². The van der Waals surface area contributed by atoms with Crippen molar-refractivity contribution in [3.63, 3.8) is 0 Å². The molecule has 1 unspecified atom stereocenters. The van der Waals surface area contributed by atoms with E-state index in [0.717, 1.165) is 5.69 Å². The summed E-state index contributed by atoms with van der Waals surface area (Å²) in [5.41, 5.74) is 1.44. The number of anilines is 2. The Balaban J connectivity index is 2.13. The second-order valence-electron chi connectivity index (χ2n) is 5.25. The highest BCUT2D eigenvalue weighted by Crippen LogP contribution is 2.27. The van der Waals surface area contributed by atoms with Gasteiger partial charge in [-0.15, -0.1) is 11.3 Å². The van der Waals surface area contributed by atoms with Gasteiger partial charge < -0.3 is 10.2 Å². The summed E-state index contributed by atoms with van der Waals surface area (Å²) < 4.78 is 14.2. The first-order chi connectivity index (χ1) is 9.49. The van der Waals surface area contributed by atoms with Gasteiger partial charge in [0.1, 0.15) is 5.82 Å². The minimum atomic E-state index is -0.190. The predicted molar refractivity (Wildman–Crippen MR) is 86.3 cm³/mol. The van der Waals surface area contributed by atoms with E-state index in [1.807, 2.05) is 44.0 Å². The van der Waals surface area contributed by atoms with Crippen LogP contribution in [-0.4, -0.2) is 13.1 Å². The van der Waals surface area contributed by atoms with Crippen molar-refractivity contribution in [3.05, 3.63) is 46.4 Å². The summed E-state index contributed by atoms with van der Waals surface area (Å²) in [6, 6.07) is 9.90. The van der Waals surface area contributed by atoms with E-state index in [4.69, 9.17) is 0 Å². The Morgan fingerprint density at radius 1 is 1.20 bits per heavy atom. The van der Waals surface area contributed by atoms with Crippen molar-refractivity contribution in [2.24, 2.45) is 0 Å². The molecule has 1 N–H and O–H groups in total. The van der Waals surface area contributed by atoms with Crippen molar-refractivity contribution >= 4 is 22.7 Å². The molecule has 108 valence electrons. The van der Waals surface area contributed by atoms with Gasteiger partial charge in [0.25, 0.3) is 0 Å². The quantitative estimate of drug-likeness (QED) is 0.842. The standard InChI is InChI=1S/C16H21FN2S/c1-11(2)19(4)15-8-7-13(10-14(15)17)18-12(3)16-6-5-9-20-16/h5-12,18H,1-4H3. The SMILES string of the molecule is CC(Nc1ccc(N(C)C(C)C)c(F)c1)c1cccs1. The van der Waals surface area contributed by atoms with Crippen molar-refractivity contribution in [1.82, 2.24) is 0 Å². The van der Waals surface area contributed by atoms with Crippen molar-refractivity contribution in [3.8, 4) is 0 Å². The molecule has 0 aliphatic rings. The van der Waals surface area contributed by atoms with Crippen LogP contribution in [0.15, 0.2) is 35.7 Å².